The van der Waals surface area contributed by atoms with Crippen molar-refractivity contribution in [1.82, 2.24) is 0 Å². The van der Waals surface area contributed by atoms with Crippen LogP contribution in [-0.2, 0) is 0 Å². The van der Waals surface area contributed by atoms with Gasteiger partial charge in [-0.25, -0.2) is 0 Å². The summed E-state index contributed by atoms with van der Waals surface area (Å²) in [7, 11) is 0. The van der Waals surface area contributed by atoms with E-state index < -0.39 is 0 Å². The van der Waals surface area contributed by atoms with Crippen LogP contribution in [0.2, 0.25) is 0 Å². The van der Waals surface area contributed by atoms with Gasteiger partial charge < -0.3 is 5.41 Å². The minimum absolute atomic E-state index is 0.491. The van der Waals surface area contributed by atoms with Crippen molar-refractivity contribution in [3.63, 3.8) is 0 Å². The summed E-state index contributed by atoms with van der Waals surface area (Å²) in [5.74, 6) is 0. The molecule has 0 aliphatic carbocycles. The van der Waals surface area contributed by atoms with Crippen molar-refractivity contribution in [2.24, 2.45) is 0 Å². The highest BCUT2D eigenvalue weighted by atomic mass is 14.4. The average Bonchev–Trinajstić information content (AvgIpc) is 2.59. The Morgan fingerprint density at radius 2 is 1.57 bits per heavy atom. The third kappa shape index (κ3) is 3.29. The van der Waals surface area contributed by atoms with E-state index in [9.17, 15) is 0 Å². The normalized spacial score (nSPS) is 11.0. The van der Waals surface area contributed by atoms with E-state index in [1.165, 1.54) is 21.9 Å². The molecule has 0 fully saturated rings. The first-order valence-electron chi connectivity index (χ1n) is 7.66. The maximum Gasteiger partial charge on any atom is 0.0612 e. The van der Waals surface area contributed by atoms with E-state index in [1.54, 1.807) is 18.2 Å². The minimum atomic E-state index is 0.491. The van der Waals surface area contributed by atoms with Gasteiger partial charge in [-0.15, -0.1) is 0 Å². The molecule has 1 N–H and O–H groups in total. The van der Waals surface area contributed by atoms with Crippen LogP contribution in [0.15, 0.2) is 85.5 Å². The monoisotopic (exact) mass is 297 g/mol. The first-order chi connectivity index (χ1) is 11.2. The van der Waals surface area contributed by atoms with Crippen LogP contribution in [0.25, 0.3) is 21.9 Å². The number of aryl methyl sites for hydroxylation is 1. The highest BCUT2D eigenvalue weighted by Crippen LogP contribution is 2.25. The molecule has 0 heterocycles. The van der Waals surface area contributed by atoms with Crippen LogP contribution < -0.4 is 0 Å². The molecule has 0 saturated heterocycles. The molecule has 0 atom stereocenters. The van der Waals surface area contributed by atoms with Crippen LogP contribution >= 0.6 is 0 Å². The molecule has 0 aliphatic heterocycles. The number of fused-ring (bicyclic) bond motifs is 1. The second-order valence-corrected chi connectivity index (χ2v) is 5.65. The van der Waals surface area contributed by atoms with E-state index in [0.717, 1.165) is 11.1 Å². The Morgan fingerprint density at radius 3 is 2.30 bits per heavy atom. The number of benzene rings is 3. The van der Waals surface area contributed by atoms with Gasteiger partial charge in [0.15, 0.2) is 0 Å². The second-order valence-electron chi connectivity index (χ2n) is 5.65. The molecule has 3 aromatic rings. The molecular formula is C22H19N. The Kier molecular flexibility index (Phi) is 4.20. The molecule has 0 radical (unpaired) electrons. The summed E-state index contributed by atoms with van der Waals surface area (Å²) in [5, 5.41) is 10.5. The van der Waals surface area contributed by atoms with Gasteiger partial charge in [-0.2, -0.15) is 0 Å². The summed E-state index contributed by atoms with van der Waals surface area (Å²) in [5.41, 5.74) is 5.03. The summed E-state index contributed by atoms with van der Waals surface area (Å²) in [4.78, 5) is 0. The zero-order valence-electron chi connectivity index (χ0n) is 13.2. The summed E-state index contributed by atoms with van der Waals surface area (Å²) >= 11 is 0. The molecule has 0 spiro atoms. The summed E-state index contributed by atoms with van der Waals surface area (Å²) in [6.07, 6.45) is 5.21. The fourth-order valence-corrected chi connectivity index (χ4v) is 2.65. The van der Waals surface area contributed by atoms with E-state index in [-0.39, 0.29) is 0 Å². The molecule has 3 aromatic carbocycles. The molecule has 1 nitrogen and oxygen atoms in total. The van der Waals surface area contributed by atoms with E-state index in [4.69, 9.17) is 5.41 Å². The van der Waals surface area contributed by atoms with Crippen LogP contribution in [0.4, 0.5) is 0 Å². The van der Waals surface area contributed by atoms with Crippen LogP contribution in [0.3, 0.4) is 0 Å². The quantitative estimate of drug-likeness (QED) is 0.456. The van der Waals surface area contributed by atoms with Crippen molar-refractivity contribution in [2.75, 3.05) is 0 Å². The summed E-state index contributed by atoms with van der Waals surface area (Å²) in [6, 6.07) is 21.2. The maximum atomic E-state index is 8.00. The molecule has 1 heteroatoms. The van der Waals surface area contributed by atoms with E-state index >= 15 is 0 Å². The van der Waals surface area contributed by atoms with Crippen molar-refractivity contribution in [3.8, 4) is 11.1 Å². The van der Waals surface area contributed by atoms with Crippen molar-refractivity contribution in [2.45, 2.75) is 6.92 Å². The predicted octanol–water partition coefficient (Wildman–Crippen LogP) is 5.93. The van der Waals surface area contributed by atoms with Gasteiger partial charge in [0.25, 0.3) is 0 Å². The van der Waals surface area contributed by atoms with Crippen molar-refractivity contribution in [1.29, 1.82) is 5.41 Å². The number of rotatable bonds is 4. The van der Waals surface area contributed by atoms with Gasteiger partial charge in [0.2, 0.25) is 0 Å². The standard InChI is InChI=1S/C22H19N/c1-3-4-5-22(23)19-11-8-17(9-12-19)20-13-10-18-7-6-16(2)14-21(18)15-20/h3-15,23H,1H2,2H3/b5-4-,23-22?. The van der Waals surface area contributed by atoms with E-state index in [1.807, 2.05) is 12.1 Å². The molecule has 0 aromatic heterocycles. The second kappa shape index (κ2) is 6.45. The van der Waals surface area contributed by atoms with Crippen molar-refractivity contribution in [3.05, 3.63) is 96.6 Å². The molecule has 0 amide bonds. The Labute approximate surface area is 137 Å². The lowest BCUT2D eigenvalue weighted by molar-refractivity contribution is 1.49. The van der Waals surface area contributed by atoms with Gasteiger partial charge in [-0.1, -0.05) is 78.9 Å². The van der Waals surface area contributed by atoms with Gasteiger partial charge in [0.1, 0.15) is 0 Å². The molecule has 0 saturated carbocycles. The van der Waals surface area contributed by atoms with Crippen molar-refractivity contribution < 1.29 is 0 Å². The smallest absolute Gasteiger partial charge is 0.0612 e. The SMILES string of the molecule is C=C/C=C\C(=N)c1ccc(-c2ccc3ccc(C)cc3c2)cc1. The number of nitrogens with one attached hydrogen (secondary N) is 1. The topological polar surface area (TPSA) is 23.9 Å². The van der Waals surface area contributed by atoms with E-state index in [2.05, 4.69) is 62.0 Å². The Bertz CT molecular complexity index is 899. The minimum Gasteiger partial charge on any atom is -0.300 e. The highest BCUT2D eigenvalue weighted by molar-refractivity contribution is 6.06. The Hall–Kier alpha value is -2.93. The number of allylic oxidation sites excluding steroid dienone is 3. The molecule has 112 valence electrons. The fourth-order valence-electron chi connectivity index (χ4n) is 2.65. The van der Waals surface area contributed by atoms with Gasteiger partial charge in [0.05, 0.1) is 5.71 Å². The maximum absolute atomic E-state index is 8.00. The molecule has 0 bridgehead atoms. The van der Waals surface area contributed by atoms with Crippen LogP contribution in [0, 0.1) is 12.3 Å². The van der Waals surface area contributed by atoms with Crippen LogP contribution in [-0.4, -0.2) is 5.71 Å². The van der Waals surface area contributed by atoms with Gasteiger partial charge in [-0.3, -0.25) is 0 Å². The molecule has 23 heavy (non-hydrogen) atoms. The Balaban J connectivity index is 1.94. The highest BCUT2D eigenvalue weighted by Gasteiger charge is 2.02. The zero-order valence-corrected chi connectivity index (χ0v) is 13.2. The molecular weight excluding hydrogens is 278 g/mol. The predicted molar refractivity (Wildman–Crippen MR) is 100 cm³/mol. The summed E-state index contributed by atoms with van der Waals surface area (Å²) < 4.78 is 0. The van der Waals surface area contributed by atoms with Gasteiger partial charge in [-0.05, 0) is 46.5 Å². The first-order valence-corrected chi connectivity index (χ1v) is 7.66. The average molecular weight is 297 g/mol. The van der Waals surface area contributed by atoms with E-state index in [0.29, 0.717) is 5.71 Å². The fraction of sp³-hybridized carbons (Fsp3) is 0.0455. The first kappa shape index (κ1) is 15.0. The lowest BCUT2D eigenvalue weighted by atomic mass is 9.98. The third-order valence-electron chi connectivity index (χ3n) is 3.92. The van der Waals surface area contributed by atoms with Crippen LogP contribution in [0.1, 0.15) is 11.1 Å². The number of hydrogen-bond acceptors (Lipinski definition) is 1. The van der Waals surface area contributed by atoms with Gasteiger partial charge >= 0.3 is 0 Å². The third-order valence-corrected chi connectivity index (χ3v) is 3.92. The molecule has 3 rings (SSSR count). The number of hydrogen-bond donors (Lipinski definition) is 1. The summed E-state index contributed by atoms with van der Waals surface area (Å²) in [6.45, 7) is 5.74. The molecule has 0 unspecified atom stereocenters. The van der Waals surface area contributed by atoms with Gasteiger partial charge in [0, 0.05) is 0 Å². The zero-order chi connectivity index (χ0) is 16.2. The van der Waals surface area contributed by atoms with Crippen molar-refractivity contribution >= 4 is 16.5 Å². The largest absolute Gasteiger partial charge is 0.300 e. The molecule has 0 aliphatic rings. The van der Waals surface area contributed by atoms with Crippen LogP contribution in [0.5, 0.6) is 0 Å². The Morgan fingerprint density at radius 1 is 0.870 bits per heavy atom. The lowest BCUT2D eigenvalue weighted by Crippen LogP contribution is -1.93. The lowest BCUT2D eigenvalue weighted by Gasteiger charge is -2.06.